The molecule has 0 bridgehead atoms. The van der Waals surface area contributed by atoms with Crippen LogP contribution in [0.2, 0.25) is 5.02 Å². The number of anilines is 1. The molecule has 1 aromatic heterocycles. The summed E-state index contributed by atoms with van der Waals surface area (Å²) < 4.78 is 34.0. The molecule has 2 heterocycles. The van der Waals surface area contributed by atoms with E-state index in [-0.39, 0.29) is 22.0 Å². The largest absolute Gasteiger partial charge is 0.467 e. The van der Waals surface area contributed by atoms with Gasteiger partial charge in [0.05, 0.1) is 36.6 Å². The summed E-state index contributed by atoms with van der Waals surface area (Å²) in [4.78, 5) is 12.4. The van der Waals surface area contributed by atoms with Crippen LogP contribution in [-0.2, 0) is 21.3 Å². The molecular formula is C16H19ClN4O5S. The van der Waals surface area contributed by atoms with Crippen molar-refractivity contribution in [2.75, 3.05) is 31.6 Å². The minimum Gasteiger partial charge on any atom is -0.467 e. The third-order valence-corrected chi connectivity index (χ3v) is 5.30. The zero-order valence-corrected chi connectivity index (χ0v) is 15.8. The molecule has 0 atom stereocenters. The van der Waals surface area contributed by atoms with Gasteiger partial charge in [-0.3, -0.25) is 10.2 Å². The Hall–Kier alpha value is -2.11. The van der Waals surface area contributed by atoms with Crippen LogP contribution in [0.1, 0.15) is 16.1 Å². The maximum absolute atomic E-state index is 12.7. The minimum atomic E-state index is -4.09. The molecule has 1 aromatic carbocycles. The lowest BCUT2D eigenvalue weighted by molar-refractivity contribution is 0.0126. The first-order valence-corrected chi connectivity index (χ1v) is 10.0. The SMILES string of the molecule is NS(=O)(=O)c1cc(C(=O)NN2CCOCC2)c(NCc2ccco2)cc1Cl. The van der Waals surface area contributed by atoms with E-state index >= 15 is 0 Å². The third kappa shape index (κ3) is 4.99. The van der Waals surface area contributed by atoms with E-state index in [4.69, 9.17) is 25.9 Å². The fourth-order valence-corrected chi connectivity index (χ4v) is 3.68. The summed E-state index contributed by atoms with van der Waals surface area (Å²) in [7, 11) is -4.09. The van der Waals surface area contributed by atoms with Crippen LogP contribution in [0.3, 0.4) is 0 Å². The van der Waals surface area contributed by atoms with Gasteiger partial charge in [-0.1, -0.05) is 11.6 Å². The van der Waals surface area contributed by atoms with Crippen LogP contribution in [0.5, 0.6) is 0 Å². The van der Waals surface area contributed by atoms with Gasteiger partial charge >= 0.3 is 0 Å². The van der Waals surface area contributed by atoms with Gasteiger partial charge in [0, 0.05) is 18.8 Å². The summed E-state index contributed by atoms with van der Waals surface area (Å²) in [6, 6.07) is 6.03. The quantitative estimate of drug-likeness (QED) is 0.647. The maximum Gasteiger partial charge on any atom is 0.267 e. The number of hydrogen-bond acceptors (Lipinski definition) is 7. The molecule has 1 aliphatic heterocycles. The molecule has 1 amide bonds. The van der Waals surface area contributed by atoms with Crippen LogP contribution in [0.4, 0.5) is 5.69 Å². The van der Waals surface area contributed by atoms with Gasteiger partial charge in [-0.15, -0.1) is 0 Å². The number of furan rings is 1. The first kappa shape index (κ1) is 19.6. The molecular weight excluding hydrogens is 396 g/mol. The predicted octanol–water partition coefficient (Wildman–Crippen LogP) is 1.17. The number of carbonyl (C=O) groups excluding carboxylic acids is 1. The Bertz CT molecular complexity index is 911. The molecule has 146 valence electrons. The highest BCUT2D eigenvalue weighted by molar-refractivity contribution is 7.89. The van der Waals surface area contributed by atoms with Crippen molar-refractivity contribution >= 4 is 33.2 Å². The molecule has 1 saturated heterocycles. The Morgan fingerprint density at radius 3 is 2.67 bits per heavy atom. The van der Waals surface area contributed by atoms with Crippen LogP contribution in [0.25, 0.3) is 0 Å². The van der Waals surface area contributed by atoms with Crippen LogP contribution in [0.15, 0.2) is 39.8 Å². The van der Waals surface area contributed by atoms with Crippen molar-refractivity contribution in [1.29, 1.82) is 0 Å². The second kappa shape index (κ2) is 8.28. The van der Waals surface area contributed by atoms with Gasteiger partial charge in [-0.25, -0.2) is 18.6 Å². The monoisotopic (exact) mass is 414 g/mol. The molecule has 0 unspecified atom stereocenters. The molecule has 1 aliphatic rings. The summed E-state index contributed by atoms with van der Waals surface area (Å²) in [5.41, 5.74) is 3.19. The summed E-state index contributed by atoms with van der Waals surface area (Å²) in [6.45, 7) is 2.32. The fourth-order valence-electron chi connectivity index (χ4n) is 2.58. The van der Waals surface area contributed by atoms with Gasteiger partial charge in [0.15, 0.2) is 0 Å². The normalized spacial score (nSPS) is 15.5. The van der Waals surface area contributed by atoms with Gasteiger partial charge in [-0.05, 0) is 24.3 Å². The van der Waals surface area contributed by atoms with E-state index in [2.05, 4.69) is 10.7 Å². The number of morpholine rings is 1. The van der Waals surface area contributed by atoms with Crippen LogP contribution < -0.4 is 15.9 Å². The average Bonchev–Trinajstić information content (AvgIpc) is 3.13. The van der Waals surface area contributed by atoms with E-state index in [0.717, 1.165) is 6.07 Å². The van der Waals surface area contributed by atoms with Gasteiger partial charge in [0.2, 0.25) is 10.0 Å². The van der Waals surface area contributed by atoms with E-state index < -0.39 is 15.9 Å². The molecule has 0 aliphatic carbocycles. The number of nitrogens with two attached hydrogens (primary N) is 1. The number of nitrogens with zero attached hydrogens (tertiary/aromatic N) is 1. The number of ether oxygens (including phenoxy) is 1. The fraction of sp³-hybridized carbons (Fsp3) is 0.312. The van der Waals surface area contributed by atoms with Crippen molar-refractivity contribution < 1.29 is 22.4 Å². The lowest BCUT2D eigenvalue weighted by Crippen LogP contribution is -2.48. The van der Waals surface area contributed by atoms with Gasteiger partial charge < -0.3 is 14.5 Å². The Labute approximate surface area is 161 Å². The zero-order valence-electron chi connectivity index (χ0n) is 14.3. The minimum absolute atomic E-state index is 0.0811. The second-order valence-corrected chi connectivity index (χ2v) is 7.78. The number of nitrogens with one attached hydrogen (secondary N) is 2. The molecule has 4 N–H and O–H groups in total. The first-order valence-electron chi connectivity index (χ1n) is 8.11. The summed E-state index contributed by atoms with van der Waals surface area (Å²) in [5, 5.41) is 9.86. The number of benzene rings is 1. The molecule has 0 saturated carbocycles. The summed E-state index contributed by atoms with van der Waals surface area (Å²) in [5.74, 6) is 0.154. The van der Waals surface area contributed by atoms with Crippen molar-refractivity contribution in [2.24, 2.45) is 5.14 Å². The van der Waals surface area contributed by atoms with Crippen LogP contribution in [0, 0.1) is 0 Å². The smallest absolute Gasteiger partial charge is 0.267 e. The Morgan fingerprint density at radius 1 is 1.30 bits per heavy atom. The van der Waals surface area contributed by atoms with Crippen molar-refractivity contribution in [2.45, 2.75) is 11.4 Å². The molecule has 27 heavy (non-hydrogen) atoms. The van der Waals surface area contributed by atoms with E-state index in [9.17, 15) is 13.2 Å². The number of sulfonamides is 1. The van der Waals surface area contributed by atoms with Crippen LogP contribution in [-0.4, -0.2) is 45.6 Å². The molecule has 2 aromatic rings. The van der Waals surface area contributed by atoms with Gasteiger partial charge in [0.1, 0.15) is 10.7 Å². The third-order valence-electron chi connectivity index (χ3n) is 3.93. The van der Waals surface area contributed by atoms with Crippen molar-refractivity contribution in [3.63, 3.8) is 0 Å². The summed E-state index contributed by atoms with van der Waals surface area (Å²) >= 11 is 6.06. The number of hydrogen-bond donors (Lipinski definition) is 3. The van der Waals surface area contributed by atoms with Crippen LogP contribution >= 0.6 is 11.6 Å². The molecule has 0 spiro atoms. The predicted molar refractivity (Wildman–Crippen MR) is 98.7 cm³/mol. The first-order chi connectivity index (χ1) is 12.8. The number of carbonyl (C=O) groups is 1. The number of primary sulfonamides is 1. The number of hydrazine groups is 1. The molecule has 3 rings (SSSR count). The summed E-state index contributed by atoms with van der Waals surface area (Å²) in [6.07, 6.45) is 1.53. The second-order valence-electron chi connectivity index (χ2n) is 5.85. The Morgan fingerprint density at radius 2 is 2.04 bits per heavy atom. The van der Waals surface area contributed by atoms with E-state index in [1.165, 1.54) is 12.3 Å². The van der Waals surface area contributed by atoms with Crippen molar-refractivity contribution in [1.82, 2.24) is 10.4 Å². The standard InChI is InChI=1S/C16H19ClN4O5S/c17-13-9-14(19-10-11-2-1-5-26-11)12(8-15(13)27(18,23)24)16(22)20-21-3-6-25-7-4-21/h1-2,5,8-9,19H,3-4,6-7,10H2,(H,20,22)(H2,18,23,24). The number of rotatable bonds is 6. The molecule has 11 heteroatoms. The van der Waals surface area contributed by atoms with E-state index in [1.54, 1.807) is 17.1 Å². The molecule has 0 radical (unpaired) electrons. The average molecular weight is 415 g/mol. The van der Waals surface area contributed by atoms with Crippen molar-refractivity contribution in [3.05, 3.63) is 46.9 Å². The zero-order chi connectivity index (χ0) is 19.4. The van der Waals surface area contributed by atoms with Gasteiger partial charge in [-0.2, -0.15) is 0 Å². The molecule has 9 nitrogen and oxygen atoms in total. The number of halogens is 1. The van der Waals surface area contributed by atoms with E-state index in [0.29, 0.717) is 37.8 Å². The van der Waals surface area contributed by atoms with Gasteiger partial charge in [0.25, 0.3) is 5.91 Å². The highest BCUT2D eigenvalue weighted by Crippen LogP contribution is 2.29. The number of amides is 1. The maximum atomic E-state index is 12.7. The molecule has 1 fully saturated rings. The lowest BCUT2D eigenvalue weighted by atomic mass is 10.1. The topological polar surface area (TPSA) is 127 Å². The lowest BCUT2D eigenvalue weighted by Gasteiger charge is -2.27. The Balaban J connectivity index is 1.90. The van der Waals surface area contributed by atoms with E-state index in [1.807, 2.05) is 0 Å². The Kier molecular flexibility index (Phi) is 6.02. The van der Waals surface area contributed by atoms with Crippen molar-refractivity contribution in [3.8, 4) is 0 Å². The highest BCUT2D eigenvalue weighted by atomic mass is 35.5. The highest BCUT2D eigenvalue weighted by Gasteiger charge is 2.22.